The molecule has 6 nitrogen and oxygen atoms in total. The number of nitrogens with one attached hydrogen (secondary N) is 1. The number of amides is 1. The van der Waals surface area contributed by atoms with Crippen molar-refractivity contribution >= 4 is 28.8 Å². The summed E-state index contributed by atoms with van der Waals surface area (Å²) < 4.78 is 1.79. The topological polar surface area (TPSA) is 67.2 Å². The number of piperidine rings is 1. The Morgan fingerprint density at radius 2 is 2.13 bits per heavy atom. The van der Waals surface area contributed by atoms with Crippen LogP contribution < -0.4 is 5.32 Å². The van der Waals surface area contributed by atoms with Gasteiger partial charge < -0.3 is 10.2 Å². The summed E-state index contributed by atoms with van der Waals surface area (Å²) in [5, 5.41) is 8.04. The average molecular weight is 314 g/mol. The zero-order chi connectivity index (χ0) is 16.4. The Hall–Kier alpha value is -2.21. The van der Waals surface area contributed by atoms with E-state index in [9.17, 15) is 9.59 Å². The molecule has 1 aromatic heterocycles. The number of likely N-dealkylation sites (tertiary alicyclic amines) is 1. The lowest BCUT2D eigenvalue weighted by Gasteiger charge is -2.28. The molecule has 0 saturated carbocycles. The molecule has 122 valence electrons. The largest absolute Gasteiger partial charge is 0.326 e. The standard InChI is InChI=1S/C17H22N4O2/c1-3-21-16-5-4-13(10-14(16)15(11-22)19-21)18-17(23)12-6-8-20(2)9-7-12/h4-5,10-12H,3,6-9H2,1-2H3,(H,18,23). The summed E-state index contributed by atoms with van der Waals surface area (Å²) >= 11 is 0. The first kappa shape index (κ1) is 15.7. The minimum atomic E-state index is 0.0609. The highest BCUT2D eigenvalue weighted by molar-refractivity contribution is 5.99. The molecule has 1 amide bonds. The number of benzene rings is 1. The molecule has 23 heavy (non-hydrogen) atoms. The molecule has 0 spiro atoms. The summed E-state index contributed by atoms with van der Waals surface area (Å²) in [5.41, 5.74) is 2.05. The Labute approximate surface area is 135 Å². The number of aldehydes is 1. The number of fused-ring (bicyclic) bond motifs is 1. The van der Waals surface area contributed by atoms with Gasteiger partial charge in [0.15, 0.2) is 6.29 Å². The normalized spacial score (nSPS) is 16.6. The number of hydrogen-bond acceptors (Lipinski definition) is 4. The quantitative estimate of drug-likeness (QED) is 0.878. The van der Waals surface area contributed by atoms with E-state index in [2.05, 4.69) is 22.4 Å². The molecule has 0 radical (unpaired) electrons. The van der Waals surface area contributed by atoms with Crippen molar-refractivity contribution in [2.45, 2.75) is 26.3 Å². The van der Waals surface area contributed by atoms with Crippen molar-refractivity contribution in [2.75, 3.05) is 25.5 Å². The van der Waals surface area contributed by atoms with E-state index in [1.54, 1.807) is 4.68 Å². The van der Waals surface area contributed by atoms with E-state index in [-0.39, 0.29) is 11.8 Å². The Kier molecular flexibility index (Phi) is 4.43. The van der Waals surface area contributed by atoms with Crippen LogP contribution in [0.2, 0.25) is 0 Å². The van der Waals surface area contributed by atoms with Crippen LogP contribution in [0.3, 0.4) is 0 Å². The third-order valence-corrected chi connectivity index (χ3v) is 4.55. The average Bonchev–Trinajstić information content (AvgIpc) is 2.92. The first-order valence-electron chi connectivity index (χ1n) is 8.07. The van der Waals surface area contributed by atoms with Crippen LogP contribution in [0, 0.1) is 5.92 Å². The fourth-order valence-corrected chi connectivity index (χ4v) is 3.13. The maximum Gasteiger partial charge on any atom is 0.227 e. The number of nitrogens with zero attached hydrogens (tertiary/aromatic N) is 3. The first-order chi connectivity index (χ1) is 11.1. The van der Waals surface area contributed by atoms with Crippen LogP contribution >= 0.6 is 0 Å². The van der Waals surface area contributed by atoms with Crippen LogP contribution in [-0.4, -0.2) is 47.0 Å². The summed E-state index contributed by atoms with van der Waals surface area (Å²) in [5.74, 6) is 0.124. The summed E-state index contributed by atoms with van der Waals surface area (Å²) in [4.78, 5) is 25.8. The molecule has 0 bridgehead atoms. The number of hydrogen-bond donors (Lipinski definition) is 1. The Bertz CT molecular complexity index is 730. The van der Waals surface area contributed by atoms with Crippen LogP contribution in [0.4, 0.5) is 5.69 Å². The van der Waals surface area contributed by atoms with Gasteiger partial charge in [-0.2, -0.15) is 5.10 Å². The molecular formula is C17H22N4O2. The van der Waals surface area contributed by atoms with Gasteiger partial charge in [0.1, 0.15) is 5.69 Å². The van der Waals surface area contributed by atoms with Crippen molar-refractivity contribution in [3.05, 3.63) is 23.9 Å². The van der Waals surface area contributed by atoms with Crippen molar-refractivity contribution in [1.82, 2.24) is 14.7 Å². The second-order valence-corrected chi connectivity index (χ2v) is 6.12. The number of anilines is 1. The van der Waals surface area contributed by atoms with E-state index in [1.807, 2.05) is 25.1 Å². The van der Waals surface area contributed by atoms with Gasteiger partial charge in [-0.25, -0.2) is 0 Å². The van der Waals surface area contributed by atoms with E-state index < -0.39 is 0 Å². The highest BCUT2D eigenvalue weighted by atomic mass is 16.1. The Morgan fingerprint density at radius 3 is 2.78 bits per heavy atom. The Morgan fingerprint density at radius 1 is 1.39 bits per heavy atom. The summed E-state index contributed by atoms with van der Waals surface area (Å²) in [7, 11) is 2.08. The molecule has 1 aromatic carbocycles. The molecule has 0 atom stereocenters. The van der Waals surface area contributed by atoms with E-state index in [1.165, 1.54) is 0 Å². The number of aromatic nitrogens is 2. The lowest BCUT2D eigenvalue weighted by Crippen LogP contribution is -2.35. The monoisotopic (exact) mass is 314 g/mol. The molecule has 6 heteroatoms. The third-order valence-electron chi connectivity index (χ3n) is 4.55. The molecule has 2 heterocycles. The van der Waals surface area contributed by atoms with Crippen molar-refractivity contribution in [3.63, 3.8) is 0 Å². The van der Waals surface area contributed by atoms with E-state index in [4.69, 9.17) is 0 Å². The van der Waals surface area contributed by atoms with E-state index in [0.717, 1.165) is 48.8 Å². The first-order valence-corrected chi connectivity index (χ1v) is 8.07. The second kappa shape index (κ2) is 6.50. The zero-order valence-corrected chi connectivity index (χ0v) is 13.6. The summed E-state index contributed by atoms with van der Waals surface area (Å²) in [6, 6.07) is 5.62. The van der Waals surface area contributed by atoms with E-state index >= 15 is 0 Å². The lowest BCUT2D eigenvalue weighted by atomic mass is 9.96. The van der Waals surface area contributed by atoms with Crippen LogP contribution in [0.5, 0.6) is 0 Å². The molecule has 1 aliphatic heterocycles. The smallest absolute Gasteiger partial charge is 0.227 e. The zero-order valence-electron chi connectivity index (χ0n) is 13.6. The summed E-state index contributed by atoms with van der Waals surface area (Å²) in [6.07, 6.45) is 2.53. The molecular weight excluding hydrogens is 292 g/mol. The molecule has 3 rings (SSSR count). The Balaban J connectivity index is 1.80. The van der Waals surface area contributed by atoms with Crippen molar-refractivity contribution < 1.29 is 9.59 Å². The van der Waals surface area contributed by atoms with Crippen LogP contribution in [0.15, 0.2) is 18.2 Å². The van der Waals surface area contributed by atoms with Gasteiger partial charge in [0, 0.05) is 23.5 Å². The molecule has 1 N–H and O–H groups in total. The summed E-state index contributed by atoms with van der Waals surface area (Å²) in [6.45, 7) is 4.59. The van der Waals surface area contributed by atoms with Gasteiger partial charge in [-0.15, -0.1) is 0 Å². The predicted octanol–water partition coefficient (Wildman–Crippen LogP) is 2.15. The van der Waals surface area contributed by atoms with Crippen LogP contribution in [0.1, 0.15) is 30.3 Å². The molecule has 1 saturated heterocycles. The minimum Gasteiger partial charge on any atom is -0.326 e. The lowest BCUT2D eigenvalue weighted by molar-refractivity contribution is -0.121. The van der Waals surface area contributed by atoms with Gasteiger partial charge in [-0.3, -0.25) is 14.3 Å². The van der Waals surface area contributed by atoms with Crippen molar-refractivity contribution in [1.29, 1.82) is 0 Å². The molecule has 2 aromatic rings. The van der Waals surface area contributed by atoms with Crippen LogP contribution in [0.25, 0.3) is 10.9 Å². The molecule has 1 fully saturated rings. The van der Waals surface area contributed by atoms with E-state index in [0.29, 0.717) is 12.2 Å². The number of aryl methyl sites for hydroxylation is 1. The van der Waals surface area contributed by atoms with Gasteiger partial charge in [0.05, 0.1) is 5.52 Å². The highest BCUT2D eigenvalue weighted by Crippen LogP contribution is 2.24. The molecule has 1 aliphatic rings. The van der Waals surface area contributed by atoms with Crippen molar-refractivity contribution in [3.8, 4) is 0 Å². The number of carbonyl (C=O) groups excluding carboxylic acids is 2. The third kappa shape index (κ3) is 3.12. The molecule has 0 unspecified atom stereocenters. The van der Waals surface area contributed by atoms with Gasteiger partial charge in [-0.05, 0) is 58.1 Å². The number of carbonyl (C=O) groups is 2. The fraction of sp³-hybridized carbons (Fsp3) is 0.471. The second-order valence-electron chi connectivity index (χ2n) is 6.12. The number of rotatable bonds is 4. The highest BCUT2D eigenvalue weighted by Gasteiger charge is 2.23. The van der Waals surface area contributed by atoms with Crippen molar-refractivity contribution in [2.24, 2.45) is 5.92 Å². The predicted molar refractivity (Wildman–Crippen MR) is 89.6 cm³/mol. The maximum atomic E-state index is 12.4. The van der Waals surface area contributed by atoms with Gasteiger partial charge >= 0.3 is 0 Å². The SMILES string of the molecule is CCn1nc(C=O)c2cc(NC(=O)C3CCN(C)CC3)ccc21. The molecule has 0 aliphatic carbocycles. The van der Waals surface area contributed by atoms with Crippen LogP contribution in [-0.2, 0) is 11.3 Å². The van der Waals surface area contributed by atoms with Gasteiger partial charge in [0.25, 0.3) is 0 Å². The minimum absolute atomic E-state index is 0.0609. The maximum absolute atomic E-state index is 12.4. The van der Waals surface area contributed by atoms with Gasteiger partial charge in [0.2, 0.25) is 5.91 Å². The van der Waals surface area contributed by atoms with Gasteiger partial charge in [-0.1, -0.05) is 0 Å². The fourth-order valence-electron chi connectivity index (χ4n) is 3.13.